The van der Waals surface area contributed by atoms with Crippen molar-refractivity contribution in [2.24, 2.45) is 0 Å². The van der Waals surface area contributed by atoms with Gasteiger partial charge in [0.25, 0.3) is 0 Å². The van der Waals surface area contributed by atoms with E-state index >= 15 is 0 Å². The number of methoxy groups -OCH3 is 1. The molecule has 0 aliphatic carbocycles. The summed E-state index contributed by atoms with van der Waals surface area (Å²) >= 11 is 0. The summed E-state index contributed by atoms with van der Waals surface area (Å²) in [5.74, 6) is 0.730. The van der Waals surface area contributed by atoms with E-state index in [-0.39, 0.29) is 16.8 Å². The van der Waals surface area contributed by atoms with E-state index in [0.717, 1.165) is 11.3 Å². The Balaban J connectivity index is 2.45. The molecule has 0 radical (unpaired) electrons. The summed E-state index contributed by atoms with van der Waals surface area (Å²) < 4.78 is 5.09. The monoisotopic (exact) mass is 274 g/mol. The van der Waals surface area contributed by atoms with Gasteiger partial charge in [-0.3, -0.25) is 0 Å². The maximum Gasteiger partial charge on any atom is 0.154 e. The third kappa shape index (κ3) is 2.76. The number of benzene rings is 1. The van der Waals surface area contributed by atoms with Gasteiger partial charge in [-0.15, -0.1) is 0 Å². The van der Waals surface area contributed by atoms with Gasteiger partial charge in [0.2, 0.25) is 0 Å². The number of nitriles is 3. The van der Waals surface area contributed by atoms with Gasteiger partial charge in [-0.2, -0.15) is 15.8 Å². The Morgan fingerprint density at radius 2 is 1.71 bits per heavy atom. The number of ether oxygens (including phenoxy) is 1. The predicted octanol–water partition coefficient (Wildman–Crippen LogP) is 2.39. The third-order valence-electron chi connectivity index (χ3n) is 2.94. The van der Waals surface area contributed by atoms with Crippen LogP contribution in [0.5, 0.6) is 5.75 Å². The minimum absolute atomic E-state index is 0.123. The lowest BCUT2D eigenvalue weighted by molar-refractivity contribution is 0.415. The Kier molecular flexibility index (Phi) is 4.05. The van der Waals surface area contributed by atoms with Crippen molar-refractivity contribution in [1.82, 2.24) is 5.32 Å². The van der Waals surface area contributed by atoms with E-state index in [9.17, 15) is 0 Å². The number of nitrogens with one attached hydrogen (secondary N) is 1. The molecule has 1 aromatic carbocycles. The van der Waals surface area contributed by atoms with Gasteiger partial charge in [0.05, 0.1) is 18.4 Å². The summed E-state index contributed by atoms with van der Waals surface area (Å²) in [4.78, 5) is 0. The maximum absolute atomic E-state index is 9.07. The first kappa shape index (κ1) is 13.9. The average Bonchev–Trinajstić information content (AvgIpc) is 2.56. The SMILES string of the molecule is COc1ccc(C2=CC=C(C#N)C(=C(C#N)C#N)N2)cc1. The molecule has 0 bridgehead atoms. The summed E-state index contributed by atoms with van der Waals surface area (Å²) in [6.07, 6.45) is 3.32. The molecule has 0 spiro atoms. The van der Waals surface area contributed by atoms with Gasteiger partial charge in [0, 0.05) is 5.70 Å². The first-order valence-electron chi connectivity index (χ1n) is 6.02. The van der Waals surface area contributed by atoms with Crippen molar-refractivity contribution in [3.63, 3.8) is 0 Å². The molecule has 21 heavy (non-hydrogen) atoms. The van der Waals surface area contributed by atoms with Gasteiger partial charge in [0.15, 0.2) is 5.57 Å². The van der Waals surface area contributed by atoms with Gasteiger partial charge >= 0.3 is 0 Å². The zero-order valence-corrected chi connectivity index (χ0v) is 11.2. The Hall–Kier alpha value is -3.49. The quantitative estimate of drug-likeness (QED) is 0.836. The van der Waals surface area contributed by atoms with Gasteiger partial charge < -0.3 is 10.1 Å². The number of hydrogen-bond donors (Lipinski definition) is 1. The summed E-state index contributed by atoms with van der Waals surface area (Å²) in [6.45, 7) is 0. The van der Waals surface area contributed by atoms with Crippen LogP contribution in [0.2, 0.25) is 0 Å². The van der Waals surface area contributed by atoms with Crippen LogP contribution in [-0.4, -0.2) is 7.11 Å². The maximum atomic E-state index is 9.07. The number of dihydropyridines is 1. The highest BCUT2D eigenvalue weighted by Crippen LogP contribution is 2.24. The highest BCUT2D eigenvalue weighted by molar-refractivity contribution is 5.74. The fraction of sp³-hybridized carbons (Fsp3) is 0.0625. The summed E-state index contributed by atoms with van der Waals surface area (Å²) in [6, 6.07) is 12.9. The van der Waals surface area contributed by atoms with E-state index in [0.29, 0.717) is 5.70 Å². The van der Waals surface area contributed by atoms with Crippen molar-refractivity contribution in [3.8, 4) is 24.0 Å². The largest absolute Gasteiger partial charge is 0.497 e. The lowest BCUT2D eigenvalue weighted by Crippen LogP contribution is -2.18. The minimum Gasteiger partial charge on any atom is -0.497 e. The van der Waals surface area contributed by atoms with E-state index in [1.807, 2.05) is 18.2 Å². The fourth-order valence-corrected chi connectivity index (χ4v) is 1.86. The molecule has 0 fully saturated rings. The molecular weight excluding hydrogens is 264 g/mol. The molecule has 2 rings (SSSR count). The second-order valence-electron chi connectivity index (χ2n) is 4.10. The normalized spacial score (nSPS) is 12.8. The van der Waals surface area contributed by atoms with Gasteiger partial charge in [-0.25, -0.2) is 0 Å². The molecule has 0 aromatic heterocycles. The zero-order chi connectivity index (χ0) is 15.2. The standard InChI is InChI=1S/C16H10N4O/c1-21-14-5-2-11(3-6-14)15-7-4-12(8-17)16(20-15)13(9-18)10-19/h2-7,20H,1H3. The summed E-state index contributed by atoms with van der Waals surface area (Å²) in [5, 5.41) is 30.0. The number of rotatable bonds is 2. The van der Waals surface area contributed by atoms with Crippen molar-refractivity contribution >= 4 is 5.70 Å². The van der Waals surface area contributed by atoms with Crippen molar-refractivity contribution in [1.29, 1.82) is 15.8 Å². The van der Waals surface area contributed by atoms with Crippen molar-refractivity contribution in [3.05, 3.63) is 58.8 Å². The Morgan fingerprint density at radius 1 is 1.05 bits per heavy atom. The molecule has 1 heterocycles. The second kappa shape index (κ2) is 6.10. The number of hydrogen-bond acceptors (Lipinski definition) is 5. The molecule has 1 aromatic rings. The predicted molar refractivity (Wildman–Crippen MR) is 76.1 cm³/mol. The Labute approximate surface area is 122 Å². The van der Waals surface area contributed by atoms with Crippen LogP contribution in [0.3, 0.4) is 0 Å². The number of allylic oxidation sites excluding steroid dienone is 4. The first-order valence-corrected chi connectivity index (χ1v) is 6.02. The summed E-state index contributed by atoms with van der Waals surface area (Å²) in [5.41, 5.74) is 1.93. The van der Waals surface area contributed by atoms with Crippen LogP contribution in [-0.2, 0) is 0 Å². The first-order chi connectivity index (χ1) is 10.2. The Bertz CT molecular complexity index is 762. The van der Waals surface area contributed by atoms with Crippen LogP contribution in [0.1, 0.15) is 5.56 Å². The molecule has 100 valence electrons. The molecule has 0 amide bonds. The van der Waals surface area contributed by atoms with Crippen LogP contribution in [0.4, 0.5) is 0 Å². The van der Waals surface area contributed by atoms with Crippen LogP contribution in [0.15, 0.2) is 53.3 Å². The van der Waals surface area contributed by atoms with E-state index in [1.165, 1.54) is 0 Å². The number of nitrogens with zero attached hydrogens (tertiary/aromatic N) is 3. The molecule has 5 nitrogen and oxygen atoms in total. The lowest BCUT2D eigenvalue weighted by Gasteiger charge is -2.17. The molecule has 1 N–H and O–H groups in total. The van der Waals surface area contributed by atoms with Gasteiger partial charge in [0.1, 0.15) is 24.0 Å². The molecule has 1 aliphatic heterocycles. The second-order valence-corrected chi connectivity index (χ2v) is 4.10. The molecule has 1 aliphatic rings. The minimum atomic E-state index is -0.123. The smallest absolute Gasteiger partial charge is 0.154 e. The third-order valence-corrected chi connectivity index (χ3v) is 2.94. The molecule has 0 atom stereocenters. The highest BCUT2D eigenvalue weighted by atomic mass is 16.5. The van der Waals surface area contributed by atoms with E-state index in [2.05, 4.69) is 5.32 Å². The highest BCUT2D eigenvalue weighted by Gasteiger charge is 2.17. The lowest BCUT2D eigenvalue weighted by atomic mass is 10.0. The molecule has 0 saturated carbocycles. The van der Waals surface area contributed by atoms with Crippen molar-refractivity contribution in [2.45, 2.75) is 0 Å². The average molecular weight is 274 g/mol. The van der Waals surface area contributed by atoms with Crippen molar-refractivity contribution in [2.75, 3.05) is 7.11 Å². The zero-order valence-electron chi connectivity index (χ0n) is 11.2. The topological polar surface area (TPSA) is 92.6 Å². The van der Waals surface area contributed by atoms with Crippen LogP contribution >= 0.6 is 0 Å². The van der Waals surface area contributed by atoms with Crippen molar-refractivity contribution < 1.29 is 4.74 Å². The van der Waals surface area contributed by atoms with Crippen LogP contribution < -0.4 is 10.1 Å². The van der Waals surface area contributed by atoms with E-state index in [4.69, 9.17) is 20.5 Å². The fourth-order valence-electron chi connectivity index (χ4n) is 1.86. The molecular formula is C16H10N4O. The van der Waals surface area contributed by atoms with Crippen LogP contribution in [0.25, 0.3) is 5.70 Å². The summed E-state index contributed by atoms with van der Waals surface area (Å²) in [7, 11) is 1.59. The van der Waals surface area contributed by atoms with E-state index < -0.39 is 0 Å². The van der Waals surface area contributed by atoms with Gasteiger partial charge in [-0.05, 0) is 42.0 Å². The molecule has 5 heteroatoms. The van der Waals surface area contributed by atoms with Crippen LogP contribution in [0, 0.1) is 34.0 Å². The molecule has 0 unspecified atom stereocenters. The molecule has 0 saturated heterocycles. The Morgan fingerprint density at radius 3 is 2.24 bits per heavy atom. The van der Waals surface area contributed by atoms with E-state index in [1.54, 1.807) is 43.5 Å². The van der Waals surface area contributed by atoms with Gasteiger partial charge in [-0.1, -0.05) is 0 Å².